The minimum atomic E-state index is -4.01. The van der Waals surface area contributed by atoms with Crippen LogP contribution in [-0.4, -0.2) is 17.8 Å². The number of fused-ring (bicyclic) bond motifs is 2. The molecule has 0 aliphatic heterocycles. The fraction of sp³-hybridized carbons (Fsp3) is 0.179. The van der Waals surface area contributed by atoms with Crippen molar-refractivity contribution in [3.63, 3.8) is 0 Å². The van der Waals surface area contributed by atoms with E-state index in [4.69, 9.17) is 10.7 Å². The van der Waals surface area contributed by atoms with Crippen LogP contribution < -0.4 is 15.9 Å². The van der Waals surface area contributed by atoms with E-state index in [1.807, 2.05) is 57.2 Å². The number of nitrogen functional groups attached to an aromatic ring is 1. The van der Waals surface area contributed by atoms with Gasteiger partial charge in [-0.2, -0.15) is 0 Å². The Labute approximate surface area is 209 Å². The normalized spacial score (nSPS) is 11.9. The molecular weight excluding hydrogens is 472 g/mol. The van der Waals surface area contributed by atoms with Crippen molar-refractivity contribution in [1.29, 1.82) is 0 Å². The molecule has 0 aliphatic carbocycles. The molecule has 2 N–H and O–H groups in total. The SMILES string of the molecule is Cc1ccc(S(=O)(=O)c2cc3c(=O)n4cccc(C)c4nc3[n+](CCc3ccccc3)c2N)cc1C. The molecule has 5 aromatic rings. The zero-order valence-electron chi connectivity index (χ0n) is 20.4. The summed E-state index contributed by atoms with van der Waals surface area (Å²) in [5.74, 6) is 0.0569. The molecule has 0 spiro atoms. The van der Waals surface area contributed by atoms with E-state index in [0.717, 1.165) is 22.3 Å². The molecule has 0 fully saturated rings. The molecule has 0 atom stereocenters. The molecule has 0 saturated heterocycles. The van der Waals surface area contributed by atoms with Crippen LogP contribution in [0.3, 0.4) is 0 Å². The smallest absolute Gasteiger partial charge is 0.278 e. The van der Waals surface area contributed by atoms with Gasteiger partial charge in [0, 0.05) is 18.2 Å². The Kier molecular flexibility index (Phi) is 5.84. The van der Waals surface area contributed by atoms with Crippen LogP contribution in [0, 0.1) is 20.8 Å². The Balaban J connectivity index is 1.81. The number of hydrogen-bond donors (Lipinski definition) is 1. The number of sulfone groups is 1. The lowest BCUT2D eigenvalue weighted by Crippen LogP contribution is -2.42. The highest BCUT2D eigenvalue weighted by Gasteiger charge is 2.29. The van der Waals surface area contributed by atoms with E-state index in [2.05, 4.69) is 0 Å². The van der Waals surface area contributed by atoms with Crippen molar-refractivity contribution < 1.29 is 13.0 Å². The average Bonchev–Trinajstić information content (AvgIpc) is 2.86. The first-order chi connectivity index (χ1) is 17.2. The van der Waals surface area contributed by atoms with Gasteiger partial charge in [0.1, 0.15) is 10.3 Å². The highest BCUT2D eigenvalue weighted by molar-refractivity contribution is 7.91. The summed E-state index contributed by atoms with van der Waals surface area (Å²) in [4.78, 5) is 18.4. The van der Waals surface area contributed by atoms with E-state index in [1.54, 1.807) is 35.0 Å². The van der Waals surface area contributed by atoms with Crippen molar-refractivity contribution in [3.8, 4) is 0 Å². The Hall–Kier alpha value is -4.04. The highest BCUT2D eigenvalue weighted by Crippen LogP contribution is 2.28. The summed E-state index contributed by atoms with van der Waals surface area (Å²) in [5, 5.41) is 0.197. The third-order valence-electron chi connectivity index (χ3n) is 6.68. The Morgan fingerprint density at radius 2 is 1.67 bits per heavy atom. The predicted molar refractivity (Wildman–Crippen MR) is 140 cm³/mol. The molecule has 2 aromatic carbocycles. The number of benzene rings is 2. The van der Waals surface area contributed by atoms with Gasteiger partial charge in [-0.15, -0.1) is 0 Å². The molecule has 0 saturated carbocycles. The fourth-order valence-corrected chi connectivity index (χ4v) is 5.91. The van der Waals surface area contributed by atoms with Gasteiger partial charge in [-0.05, 0) is 61.7 Å². The first-order valence-electron chi connectivity index (χ1n) is 11.7. The van der Waals surface area contributed by atoms with Crippen molar-refractivity contribution >= 4 is 32.3 Å². The summed E-state index contributed by atoms with van der Waals surface area (Å²) in [7, 11) is -4.01. The van der Waals surface area contributed by atoms with E-state index >= 15 is 0 Å². The van der Waals surface area contributed by atoms with Gasteiger partial charge in [-0.1, -0.05) is 47.4 Å². The van der Waals surface area contributed by atoms with Gasteiger partial charge in [0.2, 0.25) is 21.3 Å². The van der Waals surface area contributed by atoms with E-state index in [0.29, 0.717) is 24.3 Å². The molecule has 8 heteroatoms. The van der Waals surface area contributed by atoms with Crippen molar-refractivity contribution in [2.75, 3.05) is 5.73 Å². The number of aromatic nitrogens is 3. The molecule has 0 radical (unpaired) electrons. The largest absolute Gasteiger partial charge is 0.317 e. The second-order valence-corrected chi connectivity index (χ2v) is 11.0. The lowest BCUT2D eigenvalue weighted by molar-refractivity contribution is -0.659. The summed E-state index contributed by atoms with van der Waals surface area (Å²) >= 11 is 0. The molecule has 0 aliphatic rings. The molecule has 5 rings (SSSR count). The molecule has 0 amide bonds. The van der Waals surface area contributed by atoms with Gasteiger partial charge in [0.25, 0.3) is 11.2 Å². The van der Waals surface area contributed by atoms with E-state index in [9.17, 15) is 13.2 Å². The van der Waals surface area contributed by atoms with E-state index in [-0.39, 0.29) is 26.6 Å². The number of aryl methyl sites for hydroxylation is 5. The molecule has 0 bridgehead atoms. The zero-order valence-corrected chi connectivity index (χ0v) is 21.2. The lowest BCUT2D eigenvalue weighted by atomic mass is 10.1. The maximum Gasteiger partial charge on any atom is 0.278 e. The maximum absolute atomic E-state index is 13.8. The summed E-state index contributed by atoms with van der Waals surface area (Å²) in [5.41, 5.74) is 10.8. The number of hydrogen-bond acceptors (Lipinski definition) is 5. The second-order valence-electron chi connectivity index (χ2n) is 9.07. The van der Waals surface area contributed by atoms with Crippen molar-refractivity contribution in [2.24, 2.45) is 0 Å². The number of anilines is 1. The van der Waals surface area contributed by atoms with Crippen LogP contribution in [-0.2, 0) is 22.8 Å². The standard InChI is InChI=1S/C28H26N4O3S/c1-18-11-12-22(16-20(18)3)36(34,35)24-17-23-27(30-26-19(2)8-7-14-32(26)28(23)33)31(25(24)29)15-13-21-9-5-4-6-10-21/h4-12,14,16-17,29H,13,15H2,1-3H3/p+1. The second kappa shape index (κ2) is 8.87. The summed E-state index contributed by atoms with van der Waals surface area (Å²) in [6, 6.07) is 19.8. The fourth-order valence-electron chi connectivity index (χ4n) is 4.42. The van der Waals surface area contributed by atoms with E-state index < -0.39 is 9.84 Å². The van der Waals surface area contributed by atoms with Gasteiger partial charge in [0.15, 0.2) is 0 Å². The van der Waals surface area contributed by atoms with Crippen LogP contribution in [0.15, 0.2) is 87.5 Å². The van der Waals surface area contributed by atoms with Crippen LogP contribution in [0.25, 0.3) is 16.7 Å². The minimum absolute atomic E-state index is 0.0569. The highest BCUT2D eigenvalue weighted by atomic mass is 32.2. The summed E-state index contributed by atoms with van der Waals surface area (Å²) in [6.45, 7) is 6.03. The topological polar surface area (TPSA) is 98.4 Å². The molecule has 182 valence electrons. The van der Waals surface area contributed by atoms with Crippen LogP contribution >= 0.6 is 0 Å². The molecule has 7 nitrogen and oxygen atoms in total. The Bertz CT molecular complexity index is 1810. The van der Waals surface area contributed by atoms with Gasteiger partial charge >= 0.3 is 0 Å². The number of nitrogens with zero attached hydrogens (tertiary/aromatic N) is 3. The predicted octanol–water partition coefficient (Wildman–Crippen LogP) is 3.72. The first kappa shape index (κ1) is 23.7. The molecule has 36 heavy (non-hydrogen) atoms. The van der Waals surface area contributed by atoms with Crippen molar-refractivity contribution in [2.45, 2.75) is 43.5 Å². The van der Waals surface area contributed by atoms with Crippen LogP contribution in [0.4, 0.5) is 5.82 Å². The number of rotatable bonds is 5. The van der Waals surface area contributed by atoms with Crippen LogP contribution in [0.1, 0.15) is 22.3 Å². The lowest BCUT2D eigenvalue weighted by Gasteiger charge is -2.14. The van der Waals surface area contributed by atoms with Gasteiger partial charge in [0.05, 0.1) is 11.4 Å². The van der Waals surface area contributed by atoms with Crippen LogP contribution in [0.2, 0.25) is 0 Å². The van der Waals surface area contributed by atoms with Gasteiger partial charge < -0.3 is 5.73 Å². The molecular formula is C28H27N4O3S+. The zero-order chi connectivity index (χ0) is 25.6. The minimum Gasteiger partial charge on any atom is -0.317 e. The number of nitrogens with two attached hydrogens (primary N) is 1. The number of pyridine rings is 2. The molecule has 3 aromatic heterocycles. The van der Waals surface area contributed by atoms with Gasteiger partial charge in [-0.3, -0.25) is 9.20 Å². The quantitative estimate of drug-likeness (QED) is 0.294. The third kappa shape index (κ3) is 3.93. The molecule has 0 unspecified atom stereocenters. The maximum atomic E-state index is 13.8. The summed E-state index contributed by atoms with van der Waals surface area (Å²) in [6.07, 6.45) is 2.23. The monoisotopic (exact) mass is 499 g/mol. The van der Waals surface area contributed by atoms with Gasteiger partial charge in [-0.25, -0.2) is 13.0 Å². The molecule has 3 heterocycles. The Morgan fingerprint density at radius 1 is 0.917 bits per heavy atom. The van der Waals surface area contributed by atoms with Crippen molar-refractivity contribution in [3.05, 3.63) is 106 Å². The first-order valence-corrected chi connectivity index (χ1v) is 13.2. The third-order valence-corrected chi connectivity index (χ3v) is 8.46. The Morgan fingerprint density at radius 3 is 2.39 bits per heavy atom. The van der Waals surface area contributed by atoms with E-state index in [1.165, 1.54) is 10.5 Å². The average molecular weight is 500 g/mol. The van der Waals surface area contributed by atoms with Crippen LogP contribution in [0.5, 0.6) is 0 Å². The summed E-state index contributed by atoms with van der Waals surface area (Å²) < 4.78 is 30.7. The van der Waals surface area contributed by atoms with Crippen molar-refractivity contribution in [1.82, 2.24) is 9.38 Å².